The number of anilines is 5. The Morgan fingerprint density at radius 1 is 0.519 bits per heavy atom. The van der Waals surface area contributed by atoms with Gasteiger partial charge in [0.1, 0.15) is 0 Å². The van der Waals surface area contributed by atoms with Crippen molar-refractivity contribution in [2.24, 2.45) is 0 Å². The number of hydrogen-bond donors (Lipinski definition) is 1. The molecule has 0 atom stereocenters. The van der Waals surface area contributed by atoms with Gasteiger partial charge in [-0.1, -0.05) is 99.5 Å². The molecule has 0 saturated carbocycles. The molecule has 0 aromatic heterocycles. The van der Waals surface area contributed by atoms with Crippen molar-refractivity contribution in [3.8, 4) is 0 Å². The van der Waals surface area contributed by atoms with Crippen LogP contribution in [0.3, 0.4) is 0 Å². The highest BCUT2D eigenvalue weighted by molar-refractivity contribution is 7.80. The molecule has 268 valence electrons. The van der Waals surface area contributed by atoms with Crippen molar-refractivity contribution in [1.29, 1.82) is 0 Å². The molecule has 1 fully saturated rings. The average molecular weight is 706 g/mol. The smallest absolute Gasteiger partial charge is 0.0446 e. The molecule has 1 aliphatic rings. The number of piperidine rings is 1. The van der Waals surface area contributed by atoms with E-state index in [0.717, 1.165) is 31.1 Å². The maximum Gasteiger partial charge on any atom is 0.0446 e. The van der Waals surface area contributed by atoms with E-state index in [2.05, 4.69) is 182 Å². The van der Waals surface area contributed by atoms with E-state index >= 15 is 0 Å². The summed E-state index contributed by atoms with van der Waals surface area (Å²) in [5.41, 5.74) is 10.0. The lowest BCUT2D eigenvalue weighted by molar-refractivity contribution is 0.579. The van der Waals surface area contributed by atoms with Crippen LogP contribution in [0.1, 0.15) is 82.4 Å². The average Bonchev–Trinajstić information content (AvgIpc) is 3.21. The summed E-state index contributed by atoms with van der Waals surface area (Å²) in [7, 11) is 0. The summed E-state index contributed by atoms with van der Waals surface area (Å²) in [6.07, 6.45) is 6.46. The number of benzene rings is 6. The van der Waals surface area contributed by atoms with Gasteiger partial charge in [-0.2, -0.15) is 0 Å². The van der Waals surface area contributed by atoms with Gasteiger partial charge in [0.05, 0.1) is 0 Å². The number of unbranched alkanes of at least 4 members (excludes halogenated alkanes) is 1. The molecule has 0 amide bonds. The van der Waals surface area contributed by atoms with Crippen molar-refractivity contribution in [1.82, 2.24) is 0 Å². The van der Waals surface area contributed by atoms with E-state index in [1.165, 1.54) is 88.0 Å². The predicted molar refractivity (Wildman–Crippen MR) is 230 cm³/mol. The first-order valence-electron chi connectivity index (χ1n) is 19.4. The number of fused-ring (bicyclic) bond motifs is 1. The maximum absolute atomic E-state index is 4.81. The normalized spacial score (nSPS) is 12.8. The van der Waals surface area contributed by atoms with Crippen LogP contribution in [-0.4, -0.2) is 26.2 Å². The van der Waals surface area contributed by atoms with Crippen LogP contribution >= 0.6 is 12.6 Å². The lowest BCUT2D eigenvalue weighted by Gasteiger charge is -2.31. The van der Waals surface area contributed by atoms with Gasteiger partial charge in [0.25, 0.3) is 0 Å². The van der Waals surface area contributed by atoms with Gasteiger partial charge in [0.15, 0.2) is 0 Å². The molecular weight excluding hydrogens is 651 g/mol. The summed E-state index contributed by atoms with van der Waals surface area (Å²) in [4.78, 5) is 8.32. The summed E-state index contributed by atoms with van der Waals surface area (Å²) in [6.45, 7) is 12.8. The number of para-hydroxylation sites is 2. The van der Waals surface area contributed by atoms with Crippen LogP contribution in [0.5, 0.6) is 0 Å². The Morgan fingerprint density at radius 2 is 1.00 bits per heavy atom. The van der Waals surface area contributed by atoms with Crippen molar-refractivity contribution in [2.45, 2.75) is 70.6 Å². The first-order chi connectivity index (χ1) is 25.6. The minimum atomic E-state index is 0.0652. The van der Waals surface area contributed by atoms with Crippen molar-refractivity contribution in [3.63, 3.8) is 0 Å². The maximum atomic E-state index is 4.81. The number of rotatable bonds is 11. The third-order valence-corrected chi connectivity index (χ3v) is 10.6. The fourth-order valence-corrected chi connectivity index (χ4v) is 7.70. The monoisotopic (exact) mass is 705 g/mol. The van der Waals surface area contributed by atoms with E-state index in [-0.39, 0.29) is 5.92 Å². The molecule has 1 saturated heterocycles. The van der Waals surface area contributed by atoms with Gasteiger partial charge in [0.2, 0.25) is 0 Å². The van der Waals surface area contributed by atoms with Crippen molar-refractivity contribution in [3.05, 3.63) is 156 Å². The molecule has 4 heteroatoms. The van der Waals surface area contributed by atoms with E-state index in [9.17, 15) is 0 Å². The lowest BCUT2D eigenvalue weighted by Crippen LogP contribution is -2.29. The summed E-state index contributed by atoms with van der Waals surface area (Å²) >= 11 is 4.81. The standard InChI is InChI=1S/C44H45N3S.C4H10/c1-3-46(35-14-8-5-9-15-35)37-22-18-33(19-23-37)44(34-20-24-38(25-21-34)47(4-2)36-16-10-6-11-17-36)41-28-29-43(45-30-12-7-13-31-45)42-32-39(48)26-27-40(41)42;1-3-4-2/h5-6,8-11,14-29,32,44,48H,3-4,7,12-13,30-31H2,1-2H3;3-4H2,1-2H3. The molecule has 0 radical (unpaired) electrons. The Morgan fingerprint density at radius 3 is 1.46 bits per heavy atom. The first-order valence-corrected chi connectivity index (χ1v) is 19.9. The zero-order chi connectivity index (χ0) is 36.3. The molecule has 0 unspecified atom stereocenters. The Labute approximate surface area is 318 Å². The summed E-state index contributed by atoms with van der Waals surface area (Å²) in [5.74, 6) is 0.0652. The van der Waals surface area contributed by atoms with Crippen LogP contribution in [0, 0.1) is 0 Å². The summed E-state index contributed by atoms with van der Waals surface area (Å²) in [6, 6.07) is 51.3. The topological polar surface area (TPSA) is 9.72 Å². The van der Waals surface area contributed by atoms with Crippen LogP contribution in [0.2, 0.25) is 0 Å². The van der Waals surface area contributed by atoms with Crippen LogP contribution < -0.4 is 14.7 Å². The zero-order valence-electron chi connectivity index (χ0n) is 31.5. The fraction of sp³-hybridized carbons (Fsp3) is 0.292. The van der Waals surface area contributed by atoms with Crippen molar-refractivity contribution in [2.75, 3.05) is 40.9 Å². The minimum Gasteiger partial charge on any atom is -0.371 e. The van der Waals surface area contributed by atoms with E-state index in [4.69, 9.17) is 12.6 Å². The van der Waals surface area contributed by atoms with Gasteiger partial charge in [-0.25, -0.2) is 0 Å². The molecule has 0 bridgehead atoms. The summed E-state index contributed by atoms with van der Waals surface area (Å²) in [5, 5.41) is 2.59. The van der Waals surface area contributed by atoms with Crippen LogP contribution in [-0.2, 0) is 0 Å². The second-order valence-electron chi connectivity index (χ2n) is 13.7. The van der Waals surface area contributed by atoms with Crippen LogP contribution in [0.4, 0.5) is 28.4 Å². The third kappa shape index (κ3) is 8.51. The number of thiol groups is 1. The Hall–Kier alpha value is -4.67. The fourth-order valence-electron chi connectivity index (χ4n) is 7.50. The molecule has 0 spiro atoms. The molecule has 7 rings (SSSR count). The molecular formula is C48H55N3S. The van der Waals surface area contributed by atoms with E-state index in [1.54, 1.807) is 0 Å². The van der Waals surface area contributed by atoms with Crippen molar-refractivity contribution >= 4 is 51.8 Å². The molecule has 1 heterocycles. The van der Waals surface area contributed by atoms with Crippen LogP contribution in [0.15, 0.2) is 144 Å². The van der Waals surface area contributed by atoms with Gasteiger partial charge in [-0.15, -0.1) is 12.6 Å². The van der Waals surface area contributed by atoms with Crippen molar-refractivity contribution < 1.29 is 0 Å². The highest BCUT2D eigenvalue weighted by atomic mass is 32.1. The minimum absolute atomic E-state index is 0.0652. The van der Waals surface area contributed by atoms with E-state index in [0.29, 0.717) is 0 Å². The second-order valence-corrected chi connectivity index (χ2v) is 14.2. The predicted octanol–water partition coefficient (Wildman–Crippen LogP) is 13.4. The van der Waals surface area contributed by atoms with Crippen LogP contribution in [0.25, 0.3) is 10.8 Å². The second kappa shape index (κ2) is 18.2. The first kappa shape index (κ1) is 37.1. The van der Waals surface area contributed by atoms with Gasteiger partial charge < -0.3 is 14.7 Å². The van der Waals surface area contributed by atoms with Gasteiger partial charge in [0, 0.05) is 70.8 Å². The Kier molecular flexibility index (Phi) is 13.0. The molecule has 0 aliphatic carbocycles. The molecule has 3 nitrogen and oxygen atoms in total. The largest absolute Gasteiger partial charge is 0.371 e. The van der Waals surface area contributed by atoms with Gasteiger partial charge in [-0.05, 0) is 122 Å². The number of hydrogen-bond acceptors (Lipinski definition) is 4. The molecule has 1 aliphatic heterocycles. The van der Waals surface area contributed by atoms with Gasteiger partial charge in [-0.3, -0.25) is 0 Å². The number of nitrogens with zero attached hydrogens (tertiary/aromatic N) is 3. The highest BCUT2D eigenvalue weighted by Crippen LogP contribution is 2.42. The molecule has 6 aromatic carbocycles. The van der Waals surface area contributed by atoms with Gasteiger partial charge >= 0.3 is 0 Å². The SMILES string of the molecule is CCCC.CCN(c1ccccc1)c1ccc(C(c2ccc(N(CC)c3ccccc3)cc2)c2ccc(N3CCCCC3)c3cc(S)ccc23)cc1. The zero-order valence-corrected chi connectivity index (χ0v) is 32.4. The highest BCUT2D eigenvalue weighted by Gasteiger charge is 2.23. The van der Waals surface area contributed by atoms with E-state index < -0.39 is 0 Å². The summed E-state index contributed by atoms with van der Waals surface area (Å²) < 4.78 is 0. The lowest BCUT2D eigenvalue weighted by atomic mass is 9.82. The molecule has 0 N–H and O–H groups in total. The van der Waals surface area contributed by atoms with E-state index in [1.807, 2.05) is 0 Å². The molecule has 6 aromatic rings. The third-order valence-electron chi connectivity index (χ3n) is 10.4. The quantitative estimate of drug-likeness (QED) is 0.106. The Bertz CT molecular complexity index is 1870. The Balaban J connectivity index is 0.00000110. The molecule has 52 heavy (non-hydrogen) atoms.